The van der Waals surface area contributed by atoms with Crippen molar-refractivity contribution in [3.8, 4) is 0 Å². The summed E-state index contributed by atoms with van der Waals surface area (Å²) < 4.78 is 0. The summed E-state index contributed by atoms with van der Waals surface area (Å²) in [5.74, 6) is 0.169. The SMILES string of the molecule is N=CC1CCCCCC1=N. The third kappa shape index (κ3) is 1.66. The molecule has 0 aromatic heterocycles. The van der Waals surface area contributed by atoms with E-state index in [4.69, 9.17) is 10.8 Å². The van der Waals surface area contributed by atoms with Crippen molar-refractivity contribution in [2.75, 3.05) is 0 Å². The van der Waals surface area contributed by atoms with Gasteiger partial charge in [0.05, 0.1) is 0 Å². The predicted octanol–water partition coefficient (Wildman–Crippen LogP) is 2.24. The Morgan fingerprint density at radius 3 is 2.80 bits per heavy atom. The van der Waals surface area contributed by atoms with E-state index >= 15 is 0 Å². The Morgan fingerprint density at radius 2 is 2.10 bits per heavy atom. The molecule has 0 amide bonds. The Bertz CT molecular complexity index is 140. The largest absolute Gasteiger partial charge is 0.312 e. The second-order valence-corrected chi connectivity index (χ2v) is 2.90. The van der Waals surface area contributed by atoms with Crippen LogP contribution in [0.1, 0.15) is 32.1 Å². The second-order valence-electron chi connectivity index (χ2n) is 2.90. The summed E-state index contributed by atoms with van der Waals surface area (Å²) in [6, 6.07) is 0. The normalized spacial score (nSPS) is 27.6. The summed E-state index contributed by atoms with van der Waals surface area (Å²) in [5.41, 5.74) is 0.771. The maximum Gasteiger partial charge on any atom is 0.0313 e. The van der Waals surface area contributed by atoms with Crippen LogP contribution in [0.15, 0.2) is 0 Å². The maximum absolute atomic E-state index is 7.53. The quantitative estimate of drug-likeness (QED) is 0.412. The Kier molecular flexibility index (Phi) is 2.60. The number of nitrogens with one attached hydrogen (secondary N) is 2. The van der Waals surface area contributed by atoms with E-state index in [1.165, 1.54) is 19.1 Å². The maximum atomic E-state index is 7.53. The van der Waals surface area contributed by atoms with Gasteiger partial charge in [0.25, 0.3) is 0 Å². The summed E-state index contributed by atoms with van der Waals surface area (Å²) >= 11 is 0. The molecule has 56 valence electrons. The summed E-state index contributed by atoms with van der Waals surface area (Å²) in [4.78, 5) is 0. The van der Waals surface area contributed by atoms with Crippen LogP contribution in [0.5, 0.6) is 0 Å². The summed E-state index contributed by atoms with van der Waals surface area (Å²) in [6.45, 7) is 0. The van der Waals surface area contributed by atoms with Gasteiger partial charge in [-0.05, 0) is 19.3 Å². The molecule has 0 saturated heterocycles. The fourth-order valence-electron chi connectivity index (χ4n) is 1.40. The molecule has 0 spiro atoms. The van der Waals surface area contributed by atoms with Gasteiger partial charge in [-0.1, -0.05) is 12.8 Å². The minimum Gasteiger partial charge on any atom is -0.312 e. The molecule has 0 radical (unpaired) electrons. The lowest BCUT2D eigenvalue weighted by Gasteiger charge is -2.06. The van der Waals surface area contributed by atoms with E-state index in [1.807, 2.05) is 0 Å². The van der Waals surface area contributed by atoms with E-state index in [0.717, 1.165) is 25.0 Å². The van der Waals surface area contributed by atoms with Crippen LogP contribution in [-0.4, -0.2) is 11.9 Å². The van der Waals surface area contributed by atoms with E-state index < -0.39 is 0 Å². The second kappa shape index (κ2) is 3.49. The van der Waals surface area contributed by atoms with E-state index in [-0.39, 0.29) is 5.92 Å². The number of hydrogen-bond donors (Lipinski definition) is 2. The first-order valence-corrected chi connectivity index (χ1v) is 3.92. The van der Waals surface area contributed by atoms with E-state index in [1.54, 1.807) is 0 Å². The summed E-state index contributed by atoms with van der Waals surface area (Å²) in [6.07, 6.45) is 6.97. The zero-order chi connectivity index (χ0) is 7.40. The van der Waals surface area contributed by atoms with Gasteiger partial charge in [0.1, 0.15) is 0 Å². The molecule has 2 N–H and O–H groups in total. The molecule has 1 aliphatic rings. The fourth-order valence-corrected chi connectivity index (χ4v) is 1.40. The van der Waals surface area contributed by atoms with Gasteiger partial charge >= 0.3 is 0 Å². The summed E-state index contributed by atoms with van der Waals surface area (Å²) in [7, 11) is 0. The van der Waals surface area contributed by atoms with Gasteiger partial charge in [-0.3, -0.25) is 0 Å². The summed E-state index contributed by atoms with van der Waals surface area (Å²) in [5, 5.41) is 14.6. The standard InChI is InChI=1S/C8H14N2/c9-6-7-4-2-1-3-5-8(7)10/h6-7,9-10H,1-5H2. The molecule has 1 unspecified atom stereocenters. The van der Waals surface area contributed by atoms with Crippen molar-refractivity contribution in [2.24, 2.45) is 5.92 Å². The van der Waals surface area contributed by atoms with Crippen LogP contribution < -0.4 is 0 Å². The van der Waals surface area contributed by atoms with Gasteiger partial charge in [0.2, 0.25) is 0 Å². The Balaban J connectivity index is 2.51. The molecule has 10 heavy (non-hydrogen) atoms. The fraction of sp³-hybridized carbons (Fsp3) is 0.750. The number of hydrogen-bond acceptors (Lipinski definition) is 2. The minimum absolute atomic E-state index is 0.169. The van der Waals surface area contributed by atoms with Gasteiger partial charge in [0.15, 0.2) is 0 Å². The molecule has 1 atom stereocenters. The van der Waals surface area contributed by atoms with Crippen LogP contribution >= 0.6 is 0 Å². The van der Waals surface area contributed by atoms with Gasteiger partial charge < -0.3 is 10.8 Å². The molecule has 0 aromatic carbocycles. The van der Waals surface area contributed by atoms with Crippen molar-refractivity contribution < 1.29 is 0 Å². The lowest BCUT2D eigenvalue weighted by atomic mass is 10.0. The van der Waals surface area contributed by atoms with Crippen molar-refractivity contribution in [3.63, 3.8) is 0 Å². The third-order valence-corrected chi connectivity index (χ3v) is 2.11. The molecular formula is C8H14N2. The Hall–Kier alpha value is -0.660. The van der Waals surface area contributed by atoms with Gasteiger partial charge in [-0.25, -0.2) is 0 Å². The van der Waals surface area contributed by atoms with Crippen LogP contribution in [-0.2, 0) is 0 Å². The molecule has 0 heterocycles. The Labute approximate surface area is 61.7 Å². The highest BCUT2D eigenvalue weighted by molar-refractivity contribution is 5.95. The van der Waals surface area contributed by atoms with Crippen molar-refractivity contribution >= 4 is 11.9 Å². The molecule has 0 bridgehead atoms. The van der Waals surface area contributed by atoms with Gasteiger partial charge in [0, 0.05) is 17.8 Å². The smallest absolute Gasteiger partial charge is 0.0313 e. The van der Waals surface area contributed by atoms with Crippen molar-refractivity contribution in [1.82, 2.24) is 0 Å². The lowest BCUT2D eigenvalue weighted by Crippen LogP contribution is -2.11. The highest BCUT2D eigenvalue weighted by Crippen LogP contribution is 2.18. The Morgan fingerprint density at radius 1 is 1.30 bits per heavy atom. The van der Waals surface area contributed by atoms with Crippen molar-refractivity contribution in [2.45, 2.75) is 32.1 Å². The molecule has 2 nitrogen and oxygen atoms in total. The minimum atomic E-state index is 0.169. The van der Waals surface area contributed by atoms with Crippen LogP contribution in [0.25, 0.3) is 0 Å². The predicted molar refractivity (Wildman–Crippen MR) is 43.1 cm³/mol. The lowest BCUT2D eigenvalue weighted by molar-refractivity contribution is 0.675. The first-order valence-electron chi connectivity index (χ1n) is 3.92. The highest BCUT2D eigenvalue weighted by Gasteiger charge is 2.14. The molecule has 0 aliphatic heterocycles. The first kappa shape index (κ1) is 7.45. The zero-order valence-electron chi connectivity index (χ0n) is 6.19. The molecule has 1 saturated carbocycles. The monoisotopic (exact) mass is 138 g/mol. The third-order valence-electron chi connectivity index (χ3n) is 2.11. The van der Waals surface area contributed by atoms with Crippen LogP contribution in [0.2, 0.25) is 0 Å². The molecule has 0 aromatic rings. The van der Waals surface area contributed by atoms with Crippen LogP contribution in [0.4, 0.5) is 0 Å². The van der Waals surface area contributed by atoms with Crippen LogP contribution in [0.3, 0.4) is 0 Å². The average molecular weight is 138 g/mol. The molecular weight excluding hydrogens is 124 g/mol. The molecule has 2 heteroatoms. The van der Waals surface area contributed by atoms with E-state index in [2.05, 4.69) is 0 Å². The van der Waals surface area contributed by atoms with Crippen LogP contribution in [0, 0.1) is 16.7 Å². The van der Waals surface area contributed by atoms with E-state index in [9.17, 15) is 0 Å². The van der Waals surface area contributed by atoms with Crippen molar-refractivity contribution in [1.29, 1.82) is 10.8 Å². The molecule has 1 fully saturated rings. The highest BCUT2D eigenvalue weighted by atomic mass is 14.5. The van der Waals surface area contributed by atoms with Gasteiger partial charge in [-0.2, -0.15) is 0 Å². The van der Waals surface area contributed by atoms with Crippen molar-refractivity contribution in [3.05, 3.63) is 0 Å². The number of rotatable bonds is 1. The first-order chi connectivity index (χ1) is 4.84. The average Bonchev–Trinajstić information content (AvgIpc) is 2.13. The van der Waals surface area contributed by atoms with E-state index in [0.29, 0.717) is 0 Å². The van der Waals surface area contributed by atoms with Gasteiger partial charge in [-0.15, -0.1) is 0 Å². The molecule has 1 rings (SSSR count). The molecule has 1 aliphatic carbocycles. The topological polar surface area (TPSA) is 47.7 Å². The zero-order valence-corrected chi connectivity index (χ0v) is 6.19.